The standard InChI is InChI=1S/C22H23NO5S/c1-28-19-11-10-18-21(16-4-2-5-17(16)22(25)23-18)20(19)14-6-8-15(9-7-14)29(26,27)13-3-12-24/h6-11,24H,2-5,12-13H2,1H3,(H,23,25). The quantitative estimate of drug-likeness (QED) is 0.648. The molecule has 6 nitrogen and oxygen atoms in total. The lowest BCUT2D eigenvalue weighted by Crippen LogP contribution is -2.13. The monoisotopic (exact) mass is 413 g/mol. The normalized spacial score (nSPS) is 13.6. The Balaban J connectivity index is 1.90. The van der Waals surface area contributed by atoms with Crippen molar-refractivity contribution >= 4 is 20.7 Å². The molecule has 0 aliphatic heterocycles. The summed E-state index contributed by atoms with van der Waals surface area (Å²) in [4.78, 5) is 15.6. The van der Waals surface area contributed by atoms with Crippen molar-refractivity contribution in [3.05, 3.63) is 57.9 Å². The minimum Gasteiger partial charge on any atom is -0.496 e. The molecule has 1 heterocycles. The number of hydrogen-bond acceptors (Lipinski definition) is 5. The van der Waals surface area contributed by atoms with Crippen LogP contribution in [0.25, 0.3) is 22.0 Å². The van der Waals surface area contributed by atoms with Crippen LogP contribution in [0.2, 0.25) is 0 Å². The van der Waals surface area contributed by atoms with Crippen molar-refractivity contribution in [2.45, 2.75) is 30.6 Å². The maximum atomic E-state index is 12.4. The number of methoxy groups -OCH3 is 1. The fourth-order valence-corrected chi connectivity index (χ4v) is 5.42. The van der Waals surface area contributed by atoms with Crippen LogP contribution in [0.1, 0.15) is 24.0 Å². The molecular weight excluding hydrogens is 390 g/mol. The lowest BCUT2D eigenvalue weighted by Gasteiger charge is -2.16. The SMILES string of the molecule is COc1ccc2[nH]c(=O)c3c(c2c1-c1ccc(S(=O)(=O)CCCO)cc1)CCC3. The summed E-state index contributed by atoms with van der Waals surface area (Å²) in [5, 5.41) is 9.89. The van der Waals surface area contributed by atoms with Gasteiger partial charge in [0.2, 0.25) is 0 Å². The predicted molar refractivity (Wildman–Crippen MR) is 112 cm³/mol. The Hall–Kier alpha value is -2.64. The minimum atomic E-state index is -3.43. The van der Waals surface area contributed by atoms with Crippen LogP contribution in [-0.2, 0) is 22.7 Å². The Morgan fingerprint density at radius 3 is 2.48 bits per heavy atom. The summed E-state index contributed by atoms with van der Waals surface area (Å²) in [5.74, 6) is 0.587. The van der Waals surface area contributed by atoms with Crippen molar-refractivity contribution < 1.29 is 18.3 Å². The molecule has 29 heavy (non-hydrogen) atoms. The number of aliphatic hydroxyl groups excluding tert-OH is 1. The molecule has 3 aromatic rings. The van der Waals surface area contributed by atoms with E-state index in [4.69, 9.17) is 9.84 Å². The Labute approximate surface area is 169 Å². The average molecular weight is 413 g/mol. The summed E-state index contributed by atoms with van der Waals surface area (Å²) >= 11 is 0. The molecule has 1 aliphatic carbocycles. The van der Waals surface area contributed by atoms with Gasteiger partial charge in [-0.2, -0.15) is 0 Å². The van der Waals surface area contributed by atoms with Crippen molar-refractivity contribution in [1.29, 1.82) is 0 Å². The molecule has 0 radical (unpaired) electrons. The predicted octanol–water partition coefficient (Wildman–Crippen LogP) is 2.85. The summed E-state index contributed by atoms with van der Waals surface area (Å²) in [7, 11) is -1.83. The number of aryl methyl sites for hydroxylation is 1. The first-order valence-corrected chi connectivity index (χ1v) is 11.3. The third-order valence-electron chi connectivity index (χ3n) is 5.50. The van der Waals surface area contributed by atoms with E-state index in [0.717, 1.165) is 52.4 Å². The van der Waals surface area contributed by atoms with E-state index in [0.29, 0.717) is 5.75 Å². The zero-order valence-electron chi connectivity index (χ0n) is 16.2. The van der Waals surface area contributed by atoms with E-state index in [2.05, 4.69) is 4.98 Å². The first kappa shape index (κ1) is 19.7. The Morgan fingerprint density at radius 1 is 1.07 bits per heavy atom. The third kappa shape index (κ3) is 3.45. The highest BCUT2D eigenvalue weighted by atomic mass is 32.2. The van der Waals surface area contributed by atoms with E-state index in [9.17, 15) is 13.2 Å². The van der Waals surface area contributed by atoms with E-state index in [-0.39, 0.29) is 29.2 Å². The van der Waals surface area contributed by atoms with Gasteiger partial charge in [-0.3, -0.25) is 4.79 Å². The lowest BCUT2D eigenvalue weighted by molar-refractivity contribution is 0.295. The molecule has 152 valence electrons. The highest BCUT2D eigenvalue weighted by Crippen LogP contribution is 2.40. The minimum absolute atomic E-state index is 0.0357. The number of benzene rings is 2. The number of fused-ring (bicyclic) bond motifs is 3. The van der Waals surface area contributed by atoms with Crippen molar-refractivity contribution in [3.8, 4) is 16.9 Å². The van der Waals surface area contributed by atoms with Crippen LogP contribution in [0.15, 0.2) is 46.1 Å². The van der Waals surface area contributed by atoms with Gasteiger partial charge < -0.3 is 14.8 Å². The topological polar surface area (TPSA) is 96.5 Å². The molecule has 0 amide bonds. The maximum absolute atomic E-state index is 12.4. The molecule has 0 saturated heterocycles. The molecule has 7 heteroatoms. The number of hydrogen-bond donors (Lipinski definition) is 2. The molecule has 1 aromatic heterocycles. The van der Waals surface area contributed by atoms with Crippen LogP contribution in [0.3, 0.4) is 0 Å². The van der Waals surface area contributed by atoms with Crippen LogP contribution in [-0.4, -0.2) is 38.0 Å². The number of nitrogens with one attached hydrogen (secondary N) is 1. The molecule has 4 rings (SSSR count). The number of H-pyrrole nitrogens is 1. The lowest BCUT2D eigenvalue weighted by atomic mass is 9.94. The zero-order chi connectivity index (χ0) is 20.6. The number of pyridine rings is 1. The molecule has 2 N–H and O–H groups in total. The number of aromatic amines is 1. The Morgan fingerprint density at radius 2 is 1.79 bits per heavy atom. The molecule has 0 spiro atoms. The Bertz CT molecular complexity index is 1230. The van der Waals surface area contributed by atoms with Gasteiger partial charge in [0.05, 0.1) is 17.8 Å². The van der Waals surface area contributed by atoms with Crippen LogP contribution in [0.5, 0.6) is 5.75 Å². The van der Waals surface area contributed by atoms with Crippen LogP contribution in [0, 0.1) is 0 Å². The summed E-state index contributed by atoms with van der Waals surface area (Å²) < 4.78 is 30.4. The third-order valence-corrected chi connectivity index (χ3v) is 7.32. The second-order valence-corrected chi connectivity index (χ2v) is 9.36. The number of aromatic nitrogens is 1. The highest BCUT2D eigenvalue weighted by molar-refractivity contribution is 7.91. The second-order valence-electron chi connectivity index (χ2n) is 7.25. The van der Waals surface area contributed by atoms with Crippen molar-refractivity contribution in [1.82, 2.24) is 4.98 Å². The van der Waals surface area contributed by atoms with Gasteiger partial charge in [-0.15, -0.1) is 0 Å². The summed E-state index contributed by atoms with van der Waals surface area (Å²) in [5.41, 5.74) is 4.29. The molecule has 1 aliphatic rings. The fraction of sp³-hybridized carbons (Fsp3) is 0.318. The van der Waals surface area contributed by atoms with Crippen LogP contribution >= 0.6 is 0 Å². The smallest absolute Gasteiger partial charge is 0.251 e. The van der Waals surface area contributed by atoms with Crippen molar-refractivity contribution in [2.24, 2.45) is 0 Å². The number of aliphatic hydroxyl groups is 1. The molecule has 2 aromatic carbocycles. The summed E-state index contributed by atoms with van der Waals surface area (Å²) in [6, 6.07) is 10.4. The van der Waals surface area contributed by atoms with Gasteiger partial charge in [0.1, 0.15) is 5.75 Å². The van der Waals surface area contributed by atoms with E-state index < -0.39 is 9.84 Å². The van der Waals surface area contributed by atoms with Crippen LogP contribution in [0.4, 0.5) is 0 Å². The molecule has 0 bridgehead atoms. The van der Waals surface area contributed by atoms with E-state index in [1.54, 1.807) is 31.4 Å². The van der Waals surface area contributed by atoms with Gasteiger partial charge in [-0.25, -0.2) is 8.42 Å². The number of sulfone groups is 1. The maximum Gasteiger partial charge on any atom is 0.251 e. The van der Waals surface area contributed by atoms with E-state index in [1.807, 2.05) is 12.1 Å². The van der Waals surface area contributed by atoms with Gasteiger partial charge in [-0.05, 0) is 61.1 Å². The van der Waals surface area contributed by atoms with Gasteiger partial charge in [0, 0.05) is 28.6 Å². The van der Waals surface area contributed by atoms with E-state index in [1.165, 1.54) is 0 Å². The van der Waals surface area contributed by atoms with Crippen molar-refractivity contribution in [2.75, 3.05) is 19.5 Å². The fourth-order valence-electron chi connectivity index (χ4n) is 4.13. The van der Waals surface area contributed by atoms with Crippen LogP contribution < -0.4 is 10.3 Å². The molecule has 0 atom stereocenters. The largest absolute Gasteiger partial charge is 0.496 e. The average Bonchev–Trinajstić information content (AvgIpc) is 3.22. The molecule has 0 fully saturated rings. The first-order chi connectivity index (χ1) is 14.0. The van der Waals surface area contributed by atoms with Crippen molar-refractivity contribution in [3.63, 3.8) is 0 Å². The molecule has 0 unspecified atom stereocenters. The Kier molecular flexibility index (Phi) is 5.19. The molecular formula is C22H23NO5S. The number of rotatable bonds is 6. The summed E-state index contributed by atoms with van der Waals surface area (Å²) in [6.07, 6.45) is 2.75. The first-order valence-electron chi connectivity index (χ1n) is 9.65. The highest BCUT2D eigenvalue weighted by Gasteiger charge is 2.23. The van der Waals surface area contributed by atoms with E-state index >= 15 is 0 Å². The summed E-state index contributed by atoms with van der Waals surface area (Å²) in [6.45, 7) is -0.159. The van der Waals surface area contributed by atoms with Gasteiger partial charge in [0.15, 0.2) is 9.84 Å². The molecule has 0 saturated carbocycles. The van der Waals surface area contributed by atoms with Gasteiger partial charge >= 0.3 is 0 Å². The second kappa shape index (κ2) is 7.65. The van der Waals surface area contributed by atoms with Gasteiger partial charge in [-0.1, -0.05) is 12.1 Å². The van der Waals surface area contributed by atoms with Gasteiger partial charge in [0.25, 0.3) is 5.56 Å². The zero-order valence-corrected chi connectivity index (χ0v) is 17.0. The number of ether oxygens (including phenoxy) is 1.